The van der Waals surface area contributed by atoms with E-state index in [-0.39, 0.29) is 12.0 Å². The zero-order valence-electron chi connectivity index (χ0n) is 15.9. The number of carbonyl (C=O) groups is 2. The maximum absolute atomic E-state index is 12.0. The van der Waals surface area contributed by atoms with Gasteiger partial charge in [-0.1, -0.05) is 48.6 Å². The number of benzene rings is 2. The van der Waals surface area contributed by atoms with E-state index in [1.807, 2.05) is 81.5 Å². The van der Waals surface area contributed by atoms with Crippen LogP contribution < -0.4 is 10.2 Å². The summed E-state index contributed by atoms with van der Waals surface area (Å²) < 4.78 is 5.39. The quantitative estimate of drug-likeness (QED) is 0.741. The summed E-state index contributed by atoms with van der Waals surface area (Å²) in [5, 5.41) is 2.76. The third-order valence-corrected chi connectivity index (χ3v) is 4.07. The Morgan fingerprint density at radius 2 is 1.78 bits per heavy atom. The zero-order valence-corrected chi connectivity index (χ0v) is 15.9. The number of hydrogen-bond acceptors (Lipinski definition) is 3. The molecule has 0 fully saturated rings. The maximum atomic E-state index is 12.0. The van der Waals surface area contributed by atoms with Gasteiger partial charge in [0.05, 0.1) is 12.1 Å². The highest BCUT2D eigenvalue weighted by Gasteiger charge is 2.25. The number of nitrogens with zero attached hydrogens (tertiary/aromatic N) is 1. The lowest BCUT2D eigenvalue weighted by atomic mass is 10.1. The summed E-state index contributed by atoms with van der Waals surface area (Å²) >= 11 is 0. The molecule has 0 atom stereocenters. The summed E-state index contributed by atoms with van der Waals surface area (Å²) in [5.41, 5.74) is 3.56. The second-order valence-corrected chi connectivity index (χ2v) is 7.43. The van der Waals surface area contributed by atoms with E-state index in [2.05, 4.69) is 5.32 Å². The summed E-state index contributed by atoms with van der Waals surface area (Å²) in [5.74, 6) is 0.0983. The molecule has 2 aromatic rings. The standard InChI is InChI=1S/C14H17NO2.C8H7NO/c1-14(2,3)17-13(16)15-10-6-8-11-7-4-5-9-12(11)15;10-8-5-6-3-1-2-4-7(6)9-8/h4-9H,10H2,1-3H3;1-4H,5H2,(H,9,10). The van der Waals surface area contributed by atoms with Crippen LogP contribution in [0.4, 0.5) is 16.2 Å². The minimum absolute atomic E-state index is 0.0983. The molecule has 0 saturated heterocycles. The topological polar surface area (TPSA) is 58.6 Å². The van der Waals surface area contributed by atoms with Gasteiger partial charge in [-0.2, -0.15) is 0 Å². The Kier molecular flexibility index (Phi) is 5.31. The number of hydrogen-bond donors (Lipinski definition) is 1. The van der Waals surface area contributed by atoms with Crippen LogP contribution in [0, 0.1) is 0 Å². The van der Waals surface area contributed by atoms with Gasteiger partial charge in [0, 0.05) is 12.2 Å². The lowest BCUT2D eigenvalue weighted by molar-refractivity contribution is -0.115. The fourth-order valence-electron chi connectivity index (χ4n) is 2.91. The average Bonchev–Trinajstić information content (AvgIpc) is 3.00. The van der Waals surface area contributed by atoms with Crippen molar-refractivity contribution in [2.45, 2.75) is 32.8 Å². The molecule has 0 unspecified atom stereocenters. The number of ether oxygens (including phenoxy) is 1. The molecule has 27 heavy (non-hydrogen) atoms. The largest absolute Gasteiger partial charge is 0.443 e. The van der Waals surface area contributed by atoms with Gasteiger partial charge in [0.15, 0.2) is 0 Å². The van der Waals surface area contributed by atoms with E-state index in [0.29, 0.717) is 13.0 Å². The van der Waals surface area contributed by atoms with E-state index in [1.165, 1.54) is 0 Å². The van der Waals surface area contributed by atoms with Crippen molar-refractivity contribution in [1.29, 1.82) is 0 Å². The van der Waals surface area contributed by atoms with Crippen molar-refractivity contribution in [3.63, 3.8) is 0 Å². The fraction of sp³-hybridized carbons (Fsp3) is 0.273. The van der Waals surface area contributed by atoms with Crippen molar-refractivity contribution in [3.8, 4) is 0 Å². The summed E-state index contributed by atoms with van der Waals surface area (Å²) in [6, 6.07) is 15.6. The first-order valence-corrected chi connectivity index (χ1v) is 8.97. The lowest BCUT2D eigenvalue weighted by Gasteiger charge is -2.29. The smallest absolute Gasteiger partial charge is 0.415 e. The SMILES string of the molecule is CC(C)(C)OC(=O)N1CC=Cc2ccccc21.O=C1Cc2ccccc2N1. The third kappa shape index (κ3) is 4.76. The molecule has 2 aliphatic rings. The highest BCUT2D eigenvalue weighted by Crippen LogP contribution is 2.27. The van der Waals surface area contributed by atoms with Crippen molar-refractivity contribution in [2.24, 2.45) is 0 Å². The van der Waals surface area contributed by atoms with Crippen molar-refractivity contribution >= 4 is 29.5 Å². The van der Waals surface area contributed by atoms with Crippen LogP contribution in [0.5, 0.6) is 0 Å². The molecule has 5 nitrogen and oxygen atoms in total. The van der Waals surface area contributed by atoms with Crippen LogP contribution in [-0.4, -0.2) is 24.1 Å². The summed E-state index contributed by atoms with van der Waals surface area (Å²) in [7, 11) is 0. The molecule has 2 amide bonds. The Morgan fingerprint density at radius 3 is 2.52 bits per heavy atom. The highest BCUT2D eigenvalue weighted by molar-refractivity contribution is 5.99. The minimum atomic E-state index is -0.465. The van der Waals surface area contributed by atoms with E-state index in [0.717, 1.165) is 22.5 Å². The Morgan fingerprint density at radius 1 is 1.07 bits per heavy atom. The number of amides is 2. The molecule has 2 aromatic carbocycles. The number of carbonyl (C=O) groups excluding carboxylic acids is 2. The summed E-state index contributed by atoms with van der Waals surface area (Å²) in [4.78, 5) is 24.5. The third-order valence-electron chi connectivity index (χ3n) is 4.07. The molecule has 4 rings (SSSR count). The monoisotopic (exact) mass is 364 g/mol. The first-order valence-electron chi connectivity index (χ1n) is 8.97. The number of nitrogens with one attached hydrogen (secondary N) is 1. The Bertz CT molecular complexity index is 854. The molecule has 0 saturated carbocycles. The van der Waals surface area contributed by atoms with Gasteiger partial charge in [-0.15, -0.1) is 0 Å². The second-order valence-electron chi connectivity index (χ2n) is 7.43. The molecule has 0 spiro atoms. The van der Waals surface area contributed by atoms with Crippen LogP contribution in [0.25, 0.3) is 6.08 Å². The molecule has 0 aromatic heterocycles. The fourth-order valence-corrected chi connectivity index (χ4v) is 2.91. The van der Waals surface area contributed by atoms with Crippen LogP contribution in [0.1, 0.15) is 31.9 Å². The molecule has 0 bridgehead atoms. The van der Waals surface area contributed by atoms with Gasteiger partial charge < -0.3 is 10.1 Å². The normalized spacial score (nSPS) is 14.5. The number of anilines is 2. The number of rotatable bonds is 0. The van der Waals surface area contributed by atoms with Gasteiger partial charge in [0.25, 0.3) is 0 Å². The zero-order chi connectivity index (χ0) is 19.4. The van der Waals surface area contributed by atoms with Gasteiger partial charge in [0.2, 0.25) is 5.91 Å². The van der Waals surface area contributed by atoms with E-state index in [9.17, 15) is 9.59 Å². The Balaban J connectivity index is 0.000000177. The van der Waals surface area contributed by atoms with Crippen LogP contribution in [-0.2, 0) is 16.0 Å². The molecule has 140 valence electrons. The first-order chi connectivity index (χ1) is 12.8. The van der Waals surface area contributed by atoms with Crippen molar-refractivity contribution in [1.82, 2.24) is 0 Å². The number of para-hydroxylation sites is 2. The molecular weight excluding hydrogens is 340 g/mol. The predicted octanol–water partition coefficient (Wildman–Crippen LogP) is 4.64. The first kappa shape index (κ1) is 18.7. The van der Waals surface area contributed by atoms with Gasteiger partial charge >= 0.3 is 6.09 Å². The van der Waals surface area contributed by atoms with Gasteiger partial charge in [0.1, 0.15) is 5.60 Å². The summed E-state index contributed by atoms with van der Waals surface area (Å²) in [6.07, 6.45) is 4.23. The van der Waals surface area contributed by atoms with E-state index in [4.69, 9.17) is 4.74 Å². The lowest BCUT2D eigenvalue weighted by Crippen LogP contribution is -2.38. The van der Waals surface area contributed by atoms with Crippen LogP contribution >= 0.6 is 0 Å². The molecular formula is C22H24N2O3. The average molecular weight is 364 g/mol. The minimum Gasteiger partial charge on any atom is -0.443 e. The van der Waals surface area contributed by atoms with Gasteiger partial charge in [-0.05, 0) is 44.0 Å². The van der Waals surface area contributed by atoms with Gasteiger partial charge in [-0.3, -0.25) is 9.69 Å². The van der Waals surface area contributed by atoms with E-state index < -0.39 is 5.60 Å². The van der Waals surface area contributed by atoms with E-state index in [1.54, 1.807) is 4.90 Å². The molecule has 2 heterocycles. The van der Waals surface area contributed by atoms with Crippen molar-refractivity contribution < 1.29 is 14.3 Å². The highest BCUT2D eigenvalue weighted by atomic mass is 16.6. The molecule has 5 heteroatoms. The number of fused-ring (bicyclic) bond motifs is 2. The van der Waals surface area contributed by atoms with Gasteiger partial charge in [-0.25, -0.2) is 4.79 Å². The second kappa shape index (κ2) is 7.66. The van der Waals surface area contributed by atoms with Crippen molar-refractivity contribution in [3.05, 3.63) is 65.7 Å². The van der Waals surface area contributed by atoms with E-state index >= 15 is 0 Å². The Hall–Kier alpha value is -3.08. The Labute approximate surface area is 159 Å². The summed E-state index contributed by atoms with van der Waals surface area (Å²) in [6.45, 7) is 6.18. The molecule has 0 aliphatic carbocycles. The van der Waals surface area contributed by atoms with Crippen LogP contribution in [0.3, 0.4) is 0 Å². The van der Waals surface area contributed by atoms with Crippen LogP contribution in [0.2, 0.25) is 0 Å². The van der Waals surface area contributed by atoms with Crippen LogP contribution in [0.15, 0.2) is 54.6 Å². The molecule has 0 radical (unpaired) electrons. The van der Waals surface area contributed by atoms with Crippen molar-refractivity contribution in [2.75, 3.05) is 16.8 Å². The predicted molar refractivity (Wildman–Crippen MR) is 108 cm³/mol. The molecule has 2 aliphatic heterocycles. The molecule has 1 N–H and O–H groups in total. The maximum Gasteiger partial charge on any atom is 0.415 e.